The average Bonchev–Trinajstić information content (AvgIpc) is 2.34. The fourth-order valence-corrected chi connectivity index (χ4v) is 1.87. The second-order valence-electron chi connectivity index (χ2n) is 3.56. The van der Waals surface area contributed by atoms with E-state index in [4.69, 9.17) is 10.5 Å². The molecule has 2 rings (SSSR count). The summed E-state index contributed by atoms with van der Waals surface area (Å²) in [6.07, 6.45) is 0. The third-order valence-corrected chi connectivity index (χ3v) is 3.09. The van der Waals surface area contributed by atoms with Crippen molar-refractivity contribution in [2.45, 2.75) is 0 Å². The minimum atomic E-state index is 0.653. The fraction of sp³-hybridized carbons (Fsp3) is 0.0769. The zero-order valence-electron chi connectivity index (χ0n) is 9.41. The molecule has 2 aromatic rings. The molecule has 3 nitrogen and oxygen atoms in total. The maximum atomic E-state index is 5.94. The van der Waals surface area contributed by atoms with E-state index in [-0.39, 0.29) is 0 Å². The summed E-state index contributed by atoms with van der Waals surface area (Å²) in [5.41, 5.74) is 8.43. The van der Waals surface area contributed by atoms with Crippen LogP contribution in [0.3, 0.4) is 0 Å². The van der Waals surface area contributed by atoms with Crippen LogP contribution in [0, 0.1) is 0 Å². The Bertz CT molecular complexity index is 529. The third-order valence-electron chi connectivity index (χ3n) is 2.40. The minimum Gasteiger partial charge on any atom is -0.497 e. The lowest BCUT2D eigenvalue weighted by atomic mass is 10.2. The summed E-state index contributed by atoms with van der Waals surface area (Å²) >= 11 is 3.48. The number of nitrogens with two attached hydrogens (primary N) is 1. The molecule has 17 heavy (non-hydrogen) atoms. The summed E-state index contributed by atoms with van der Waals surface area (Å²) in [5.74, 6) is 0.750. The topological polar surface area (TPSA) is 47.3 Å². The number of methoxy groups -OCH3 is 1. The Hall–Kier alpha value is -1.68. The van der Waals surface area contributed by atoms with Crippen molar-refractivity contribution in [3.8, 4) is 5.75 Å². The van der Waals surface area contributed by atoms with E-state index in [2.05, 4.69) is 21.2 Å². The molecule has 3 N–H and O–H groups in total. The first-order valence-corrected chi connectivity index (χ1v) is 5.95. The number of halogens is 1. The van der Waals surface area contributed by atoms with E-state index in [0.29, 0.717) is 5.69 Å². The summed E-state index contributed by atoms with van der Waals surface area (Å²) in [7, 11) is 1.62. The van der Waals surface area contributed by atoms with Crippen molar-refractivity contribution in [1.82, 2.24) is 0 Å². The monoisotopic (exact) mass is 292 g/mol. The van der Waals surface area contributed by atoms with Crippen LogP contribution in [-0.4, -0.2) is 7.11 Å². The maximum absolute atomic E-state index is 5.94. The van der Waals surface area contributed by atoms with Gasteiger partial charge in [-0.15, -0.1) is 0 Å². The van der Waals surface area contributed by atoms with Gasteiger partial charge in [0.2, 0.25) is 0 Å². The summed E-state index contributed by atoms with van der Waals surface area (Å²) < 4.78 is 6.10. The number of hydrogen-bond donors (Lipinski definition) is 2. The van der Waals surface area contributed by atoms with E-state index >= 15 is 0 Å². The molecule has 4 heteroatoms. The lowest BCUT2D eigenvalue weighted by Crippen LogP contribution is -1.97. The number of rotatable bonds is 3. The van der Waals surface area contributed by atoms with Gasteiger partial charge in [0, 0.05) is 10.5 Å². The number of nitrogens with one attached hydrogen (secondary N) is 1. The Morgan fingerprint density at radius 2 is 1.88 bits per heavy atom. The average molecular weight is 293 g/mol. The highest BCUT2D eigenvalue weighted by molar-refractivity contribution is 9.10. The molecule has 0 amide bonds. The van der Waals surface area contributed by atoms with Crippen LogP contribution in [0.2, 0.25) is 0 Å². The van der Waals surface area contributed by atoms with Crippen LogP contribution in [0.1, 0.15) is 0 Å². The van der Waals surface area contributed by atoms with Gasteiger partial charge >= 0.3 is 0 Å². The first kappa shape index (κ1) is 11.8. The summed E-state index contributed by atoms with van der Waals surface area (Å²) in [6, 6.07) is 13.4. The Morgan fingerprint density at radius 3 is 2.53 bits per heavy atom. The first-order chi connectivity index (χ1) is 8.20. The van der Waals surface area contributed by atoms with Crippen molar-refractivity contribution in [2.24, 2.45) is 0 Å². The Balaban J connectivity index is 2.28. The largest absolute Gasteiger partial charge is 0.497 e. The van der Waals surface area contributed by atoms with Gasteiger partial charge in [-0.3, -0.25) is 0 Å². The molecule has 0 aromatic heterocycles. The van der Waals surface area contributed by atoms with Crippen LogP contribution in [-0.2, 0) is 0 Å². The van der Waals surface area contributed by atoms with Gasteiger partial charge in [-0.25, -0.2) is 0 Å². The summed E-state index contributed by atoms with van der Waals surface area (Å²) in [6.45, 7) is 0. The van der Waals surface area contributed by atoms with Gasteiger partial charge in [-0.1, -0.05) is 12.1 Å². The molecule has 0 atom stereocenters. The Labute approximate surface area is 109 Å². The molecule has 0 fully saturated rings. The van der Waals surface area contributed by atoms with E-state index in [0.717, 1.165) is 21.6 Å². The number of nitrogen functional groups attached to an aromatic ring is 1. The predicted molar refractivity (Wildman–Crippen MR) is 74.8 cm³/mol. The van der Waals surface area contributed by atoms with Gasteiger partial charge in [-0.2, -0.15) is 0 Å². The smallest absolute Gasteiger partial charge is 0.121 e. The SMILES string of the molecule is COc1ccc(Nc2ccccc2Br)c(N)c1. The fourth-order valence-electron chi connectivity index (χ4n) is 1.49. The molecule has 88 valence electrons. The van der Waals surface area contributed by atoms with Crippen molar-refractivity contribution in [2.75, 3.05) is 18.2 Å². The van der Waals surface area contributed by atoms with Gasteiger partial charge in [0.15, 0.2) is 0 Å². The van der Waals surface area contributed by atoms with Crippen LogP contribution in [0.25, 0.3) is 0 Å². The molecule has 0 saturated heterocycles. The summed E-state index contributed by atoms with van der Waals surface area (Å²) in [5, 5.41) is 3.26. The normalized spacial score (nSPS) is 10.0. The van der Waals surface area contributed by atoms with Crippen molar-refractivity contribution in [3.63, 3.8) is 0 Å². The van der Waals surface area contributed by atoms with Crippen molar-refractivity contribution < 1.29 is 4.74 Å². The number of ether oxygens (including phenoxy) is 1. The second-order valence-corrected chi connectivity index (χ2v) is 4.41. The highest BCUT2D eigenvalue weighted by atomic mass is 79.9. The molecule has 0 heterocycles. The third kappa shape index (κ3) is 2.71. The van der Waals surface area contributed by atoms with Crippen LogP contribution in [0.4, 0.5) is 17.1 Å². The van der Waals surface area contributed by atoms with Crippen molar-refractivity contribution in [3.05, 3.63) is 46.9 Å². The maximum Gasteiger partial charge on any atom is 0.121 e. The molecule has 0 spiro atoms. The van der Waals surface area contributed by atoms with Crippen LogP contribution in [0.15, 0.2) is 46.9 Å². The number of para-hydroxylation sites is 1. The van der Waals surface area contributed by atoms with Crippen LogP contribution >= 0.6 is 15.9 Å². The molecular weight excluding hydrogens is 280 g/mol. The molecular formula is C13H13BrN2O. The van der Waals surface area contributed by atoms with Crippen molar-refractivity contribution >= 4 is 33.0 Å². The predicted octanol–water partition coefficient (Wildman–Crippen LogP) is 3.78. The number of hydrogen-bond acceptors (Lipinski definition) is 3. The molecule has 0 aliphatic carbocycles. The minimum absolute atomic E-state index is 0.653. The quantitative estimate of drug-likeness (QED) is 0.847. The molecule has 0 unspecified atom stereocenters. The molecule has 0 bridgehead atoms. The Morgan fingerprint density at radius 1 is 1.12 bits per heavy atom. The first-order valence-electron chi connectivity index (χ1n) is 5.16. The van der Waals surface area contributed by atoms with Gasteiger partial charge in [0.1, 0.15) is 5.75 Å². The zero-order chi connectivity index (χ0) is 12.3. The van der Waals surface area contributed by atoms with Gasteiger partial charge < -0.3 is 15.8 Å². The molecule has 2 aromatic carbocycles. The molecule has 0 radical (unpaired) electrons. The lowest BCUT2D eigenvalue weighted by Gasteiger charge is -2.11. The van der Waals surface area contributed by atoms with E-state index in [1.807, 2.05) is 36.4 Å². The van der Waals surface area contributed by atoms with Crippen LogP contribution in [0.5, 0.6) is 5.75 Å². The second kappa shape index (κ2) is 5.10. The lowest BCUT2D eigenvalue weighted by molar-refractivity contribution is 0.415. The zero-order valence-corrected chi connectivity index (χ0v) is 11.0. The van der Waals surface area contributed by atoms with E-state index in [1.165, 1.54) is 0 Å². The Kier molecular flexibility index (Phi) is 3.54. The van der Waals surface area contributed by atoms with E-state index in [9.17, 15) is 0 Å². The van der Waals surface area contributed by atoms with Crippen molar-refractivity contribution in [1.29, 1.82) is 0 Å². The molecule has 0 saturated carbocycles. The van der Waals surface area contributed by atoms with Gasteiger partial charge in [-0.05, 0) is 40.2 Å². The molecule has 0 aliphatic rings. The summed E-state index contributed by atoms with van der Waals surface area (Å²) in [4.78, 5) is 0. The number of benzene rings is 2. The van der Waals surface area contributed by atoms with Crippen LogP contribution < -0.4 is 15.8 Å². The van der Waals surface area contributed by atoms with E-state index < -0.39 is 0 Å². The highest BCUT2D eigenvalue weighted by Gasteiger charge is 2.03. The number of anilines is 3. The standard InChI is InChI=1S/C13H13BrN2O/c1-17-9-6-7-13(11(15)8-9)16-12-5-3-2-4-10(12)14/h2-8,16H,15H2,1H3. The van der Waals surface area contributed by atoms with Gasteiger partial charge in [0.25, 0.3) is 0 Å². The van der Waals surface area contributed by atoms with E-state index in [1.54, 1.807) is 13.2 Å². The molecule has 0 aliphatic heterocycles. The highest BCUT2D eigenvalue weighted by Crippen LogP contribution is 2.30. The van der Waals surface area contributed by atoms with Gasteiger partial charge in [0.05, 0.1) is 24.2 Å².